The zero-order valence-corrected chi connectivity index (χ0v) is 33.1. The Kier molecular flexibility index (Phi) is 8.79. The van der Waals surface area contributed by atoms with E-state index in [-0.39, 0.29) is 0 Å². The Morgan fingerprint density at radius 3 is 1.32 bits per heavy atom. The number of benzene rings is 10. The van der Waals surface area contributed by atoms with Crippen molar-refractivity contribution in [2.45, 2.75) is 5.41 Å². The molecule has 1 nitrogen and oxygen atoms in total. The molecule has 11 rings (SSSR count). The Morgan fingerprint density at radius 1 is 0.283 bits per heavy atom. The van der Waals surface area contributed by atoms with Gasteiger partial charge in [0, 0.05) is 17.1 Å². The summed E-state index contributed by atoms with van der Waals surface area (Å²) in [6.45, 7) is 0. The van der Waals surface area contributed by atoms with E-state index in [2.05, 4.69) is 254 Å². The Morgan fingerprint density at radius 2 is 0.717 bits per heavy atom. The van der Waals surface area contributed by atoms with Gasteiger partial charge in [-0.2, -0.15) is 0 Å². The topological polar surface area (TPSA) is 3.24 Å². The summed E-state index contributed by atoms with van der Waals surface area (Å²) in [5.41, 5.74) is 17.5. The molecule has 282 valence electrons. The van der Waals surface area contributed by atoms with Gasteiger partial charge in [0.1, 0.15) is 0 Å². The van der Waals surface area contributed by atoms with Gasteiger partial charge in [0.25, 0.3) is 0 Å². The lowest BCUT2D eigenvalue weighted by Gasteiger charge is -2.36. The lowest BCUT2D eigenvalue weighted by Crippen LogP contribution is -2.29. The van der Waals surface area contributed by atoms with Crippen molar-refractivity contribution >= 4 is 27.8 Å². The fraction of sp³-hybridized carbons (Fsp3) is 0.0169. The highest BCUT2D eigenvalue weighted by Gasteiger charge is 2.48. The van der Waals surface area contributed by atoms with E-state index in [1.807, 2.05) is 0 Å². The van der Waals surface area contributed by atoms with Gasteiger partial charge in [-0.05, 0) is 114 Å². The van der Waals surface area contributed by atoms with E-state index in [9.17, 15) is 0 Å². The predicted molar refractivity (Wildman–Crippen MR) is 252 cm³/mol. The third kappa shape index (κ3) is 5.86. The summed E-state index contributed by atoms with van der Waals surface area (Å²) in [7, 11) is 0. The van der Waals surface area contributed by atoms with Crippen LogP contribution in [-0.4, -0.2) is 0 Å². The zero-order valence-electron chi connectivity index (χ0n) is 33.1. The van der Waals surface area contributed by atoms with Crippen LogP contribution >= 0.6 is 0 Å². The van der Waals surface area contributed by atoms with E-state index >= 15 is 0 Å². The molecule has 0 radical (unpaired) electrons. The molecule has 1 aliphatic rings. The molecular weight excluding hydrogens is 723 g/mol. The van der Waals surface area contributed by atoms with Gasteiger partial charge in [0.15, 0.2) is 0 Å². The Bertz CT molecular complexity index is 3010. The molecule has 0 aliphatic heterocycles. The molecule has 0 atom stereocenters. The number of hydrogen-bond donors (Lipinski definition) is 0. The number of rotatable bonds is 8. The normalized spacial score (nSPS) is 12.5. The molecule has 0 saturated heterocycles. The smallest absolute Gasteiger partial charge is 0.0720 e. The van der Waals surface area contributed by atoms with Crippen LogP contribution in [0, 0.1) is 0 Å². The van der Waals surface area contributed by atoms with Crippen LogP contribution < -0.4 is 4.90 Å². The summed E-state index contributed by atoms with van der Waals surface area (Å²) in [5, 5.41) is 2.49. The molecule has 0 bridgehead atoms. The van der Waals surface area contributed by atoms with Crippen LogP contribution in [0.2, 0.25) is 0 Å². The van der Waals surface area contributed by atoms with Crippen molar-refractivity contribution in [1.82, 2.24) is 0 Å². The lowest BCUT2D eigenvalue weighted by atomic mass is 9.66. The Balaban J connectivity index is 1.20. The average molecular weight is 764 g/mol. The highest BCUT2D eigenvalue weighted by molar-refractivity contribution is 6.02. The Labute approximate surface area is 352 Å². The molecule has 1 aliphatic carbocycles. The number of anilines is 3. The maximum absolute atomic E-state index is 2.48. The van der Waals surface area contributed by atoms with Crippen molar-refractivity contribution in [1.29, 1.82) is 0 Å². The zero-order chi connectivity index (χ0) is 39.9. The van der Waals surface area contributed by atoms with Crippen molar-refractivity contribution in [3.8, 4) is 44.5 Å². The molecule has 0 fully saturated rings. The van der Waals surface area contributed by atoms with E-state index < -0.39 is 5.41 Å². The number of hydrogen-bond acceptors (Lipinski definition) is 1. The van der Waals surface area contributed by atoms with E-state index in [1.54, 1.807) is 0 Å². The van der Waals surface area contributed by atoms with Crippen molar-refractivity contribution in [2.75, 3.05) is 4.90 Å². The van der Waals surface area contributed by atoms with Crippen molar-refractivity contribution in [2.24, 2.45) is 0 Å². The predicted octanol–water partition coefficient (Wildman–Crippen LogP) is 15.7. The second kappa shape index (κ2) is 14.9. The summed E-state index contributed by atoms with van der Waals surface area (Å²) < 4.78 is 0. The first-order valence-corrected chi connectivity index (χ1v) is 20.8. The minimum atomic E-state index is -0.625. The standard InChI is InChI=1S/C59H41N/c1-5-19-42(20-6-1)45-25-15-31-49(39-45)60(50-32-16-26-46(40-50)43-21-7-2-8-22-43)51-37-38-54-56-36-18-35-55(53-34-17-24-44-23-13-14-33-52(44)53)58(56)59(57(54)41-51,47-27-9-3-10-28-47)48-29-11-4-12-30-48/h1-41H. The van der Waals surface area contributed by atoms with Crippen molar-refractivity contribution in [3.63, 3.8) is 0 Å². The summed E-state index contributed by atoms with van der Waals surface area (Å²) in [6.07, 6.45) is 0. The van der Waals surface area contributed by atoms with Crippen LogP contribution in [0.25, 0.3) is 55.3 Å². The fourth-order valence-electron chi connectivity index (χ4n) is 9.72. The maximum Gasteiger partial charge on any atom is 0.0720 e. The third-order valence-corrected chi connectivity index (χ3v) is 12.3. The first-order chi connectivity index (χ1) is 29.8. The van der Waals surface area contributed by atoms with E-state index in [1.165, 1.54) is 77.5 Å². The highest BCUT2D eigenvalue weighted by atomic mass is 15.1. The molecular formula is C59H41N. The fourth-order valence-corrected chi connectivity index (χ4v) is 9.72. The molecule has 0 aromatic heterocycles. The van der Waals surface area contributed by atoms with Gasteiger partial charge in [-0.15, -0.1) is 0 Å². The van der Waals surface area contributed by atoms with Gasteiger partial charge in [0.05, 0.1) is 5.41 Å². The van der Waals surface area contributed by atoms with Crippen LogP contribution in [0.5, 0.6) is 0 Å². The lowest BCUT2D eigenvalue weighted by molar-refractivity contribution is 0.770. The summed E-state index contributed by atoms with van der Waals surface area (Å²) in [5.74, 6) is 0. The SMILES string of the molecule is c1ccc(-c2cccc(N(c3cccc(-c4ccccc4)c3)c3ccc4c(c3)C(c3ccccc3)(c3ccccc3)c3c-4cccc3-c3cccc4ccccc34)c2)cc1. The van der Waals surface area contributed by atoms with Crippen molar-refractivity contribution < 1.29 is 0 Å². The molecule has 10 aromatic rings. The molecule has 0 unspecified atom stereocenters. The highest BCUT2D eigenvalue weighted by Crippen LogP contribution is 2.60. The summed E-state index contributed by atoms with van der Waals surface area (Å²) in [6, 6.07) is 91.2. The van der Waals surface area contributed by atoms with Gasteiger partial charge in [-0.25, -0.2) is 0 Å². The molecule has 0 saturated carbocycles. The van der Waals surface area contributed by atoms with Gasteiger partial charge < -0.3 is 4.90 Å². The van der Waals surface area contributed by atoms with Crippen LogP contribution in [0.15, 0.2) is 249 Å². The van der Waals surface area contributed by atoms with Gasteiger partial charge in [-0.1, -0.05) is 212 Å². The van der Waals surface area contributed by atoms with Gasteiger partial charge in [-0.3, -0.25) is 0 Å². The Hall–Kier alpha value is -7.74. The second-order valence-electron chi connectivity index (χ2n) is 15.6. The molecule has 0 N–H and O–H groups in total. The first kappa shape index (κ1) is 35.4. The molecule has 1 heteroatoms. The third-order valence-electron chi connectivity index (χ3n) is 12.3. The molecule has 0 amide bonds. The molecule has 60 heavy (non-hydrogen) atoms. The van der Waals surface area contributed by atoms with Crippen LogP contribution in [-0.2, 0) is 5.41 Å². The van der Waals surface area contributed by atoms with Crippen LogP contribution in [0.4, 0.5) is 17.1 Å². The van der Waals surface area contributed by atoms with Crippen LogP contribution in [0.1, 0.15) is 22.3 Å². The summed E-state index contributed by atoms with van der Waals surface area (Å²) >= 11 is 0. The molecule has 10 aromatic carbocycles. The van der Waals surface area contributed by atoms with E-state index in [0.29, 0.717) is 0 Å². The molecule has 0 spiro atoms. The van der Waals surface area contributed by atoms with Crippen LogP contribution in [0.3, 0.4) is 0 Å². The monoisotopic (exact) mass is 763 g/mol. The largest absolute Gasteiger partial charge is 0.310 e. The van der Waals surface area contributed by atoms with Gasteiger partial charge >= 0.3 is 0 Å². The second-order valence-corrected chi connectivity index (χ2v) is 15.6. The average Bonchev–Trinajstić information content (AvgIpc) is 3.63. The minimum absolute atomic E-state index is 0.625. The number of fused-ring (bicyclic) bond motifs is 4. The van der Waals surface area contributed by atoms with E-state index in [4.69, 9.17) is 0 Å². The first-order valence-electron chi connectivity index (χ1n) is 20.8. The maximum atomic E-state index is 2.48. The quantitative estimate of drug-likeness (QED) is 0.149. The van der Waals surface area contributed by atoms with Crippen molar-refractivity contribution in [3.05, 3.63) is 271 Å². The van der Waals surface area contributed by atoms with E-state index in [0.717, 1.165) is 17.1 Å². The minimum Gasteiger partial charge on any atom is -0.310 e. The number of nitrogens with zero attached hydrogens (tertiary/aromatic N) is 1. The molecule has 0 heterocycles. The summed E-state index contributed by atoms with van der Waals surface area (Å²) in [4.78, 5) is 2.44. The van der Waals surface area contributed by atoms with Gasteiger partial charge in [0.2, 0.25) is 0 Å².